The molecule has 0 saturated carbocycles. The average Bonchev–Trinajstić information content (AvgIpc) is 1.77. The first-order chi connectivity index (χ1) is 41.4. The van der Waals surface area contributed by atoms with Crippen LogP contribution in [0.1, 0.15) is 84.8 Å². The summed E-state index contributed by atoms with van der Waals surface area (Å²) < 4.78 is 36.5. The summed E-state index contributed by atoms with van der Waals surface area (Å²) in [4.78, 5) is 124. The zero-order chi connectivity index (χ0) is 58.6. The van der Waals surface area contributed by atoms with Crippen molar-refractivity contribution in [2.24, 2.45) is 0 Å². The Balaban J connectivity index is 1.05. The molecule has 9 aromatic rings. The van der Waals surface area contributed by atoms with E-state index in [1.54, 1.807) is 164 Å². The molecule has 0 fully saturated rings. The van der Waals surface area contributed by atoms with Gasteiger partial charge < -0.3 is 28.4 Å². The van der Waals surface area contributed by atoms with Crippen LogP contribution in [0.4, 0.5) is 0 Å². The highest BCUT2D eigenvalue weighted by Gasteiger charge is 2.59. The number of fused-ring (bicyclic) bond motifs is 5. The molecule has 12 rings (SSSR count). The molecule has 3 heterocycles. The third-order valence-corrected chi connectivity index (χ3v) is 16.1. The van der Waals surface area contributed by atoms with Crippen molar-refractivity contribution < 1.29 is 66.8 Å². The van der Waals surface area contributed by atoms with E-state index >= 15 is 9.59 Å². The van der Waals surface area contributed by atoms with E-state index < -0.39 is 65.6 Å². The van der Waals surface area contributed by atoms with Gasteiger partial charge in [0.1, 0.15) is 36.4 Å². The fourth-order valence-corrected chi connectivity index (χ4v) is 11.9. The summed E-state index contributed by atoms with van der Waals surface area (Å²) in [5.41, 5.74) is 0.299. The van der Waals surface area contributed by atoms with Gasteiger partial charge in [-0.3, -0.25) is 24.0 Å². The van der Waals surface area contributed by atoms with Crippen LogP contribution in [0, 0.1) is 0 Å². The molecule has 0 spiro atoms. The molecule has 2 aromatic heterocycles. The second-order valence-corrected chi connectivity index (χ2v) is 21.7. The van der Waals surface area contributed by atoms with Crippen molar-refractivity contribution in [1.29, 1.82) is 0 Å². The number of nitrogens with zero attached hydrogens (tertiary/aromatic N) is 2. The van der Waals surface area contributed by atoms with Crippen LogP contribution in [0.25, 0.3) is 33.0 Å². The summed E-state index contributed by atoms with van der Waals surface area (Å²) in [5, 5.41) is 0.128. The lowest BCUT2D eigenvalue weighted by Crippen LogP contribution is -2.52. The molecule has 0 unspecified atom stereocenters. The Labute approximate surface area is 492 Å². The van der Waals surface area contributed by atoms with Crippen molar-refractivity contribution in [3.8, 4) is 32.6 Å². The Morgan fingerprint density at radius 3 is 1.31 bits per heavy atom. The molecule has 0 radical (unpaired) electrons. The molecule has 7 aromatic carbocycles. The molecule has 418 valence electrons. The van der Waals surface area contributed by atoms with E-state index in [9.17, 15) is 28.8 Å². The van der Waals surface area contributed by atoms with Crippen molar-refractivity contribution in [2.75, 3.05) is 6.61 Å². The third kappa shape index (κ3) is 11.1. The first-order valence-electron chi connectivity index (χ1n) is 26.5. The van der Waals surface area contributed by atoms with Gasteiger partial charge in [0.15, 0.2) is 29.7 Å². The maximum atomic E-state index is 15.5. The van der Waals surface area contributed by atoms with Gasteiger partial charge in [-0.2, -0.15) is 0 Å². The topological polar surface area (TPSA) is 218 Å². The molecule has 0 amide bonds. The monoisotopic (exact) mass is 1160 g/mol. The molecule has 0 atom stereocenters. The molecule has 85 heavy (non-hydrogen) atoms. The predicted octanol–water partition coefficient (Wildman–Crippen LogP) is 11.3. The van der Waals surface area contributed by atoms with E-state index in [4.69, 9.17) is 38.4 Å². The number of allylic oxidation sites excluding steroid dienone is 2. The maximum Gasteiger partial charge on any atom is 0.367 e. The molecule has 1 aliphatic heterocycles. The largest absolute Gasteiger partial charge is 0.465 e. The molecule has 18 heteroatoms. The average molecular weight is 1170 g/mol. The highest BCUT2D eigenvalue weighted by Crippen LogP contribution is 2.53. The number of aromatic nitrogens is 2. The smallest absolute Gasteiger partial charge is 0.367 e. The molecular weight excluding hydrogens is 1120 g/mol. The van der Waals surface area contributed by atoms with Crippen LogP contribution in [0.2, 0.25) is 0 Å². The summed E-state index contributed by atoms with van der Waals surface area (Å²) in [7, 11) is 0. The minimum absolute atomic E-state index is 0.0510. The molecule has 0 N–H and O–H groups in total. The fourth-order valence-electron chi connectivity index (χ4n) is 9.90. The van der Waals surface area contributed by atoms with Crippen LogP contribution >= 0.6 is 22.7 Å². The van der Waals surface area contributed by atoms with Gasteiger partial charge in [-0.25, -0.2) is 24.4 Å². The molecule has 3 aliphatic rings. The van der Waals surface area contributed by atoms with E-state index in [0.29, 0.717) is 22.3 Å². The number of carbonyl (C=O) groups excluding carboxylic acids is 8. The number of hydrogen-bond donors (Lipinski definition) is 0. The zero-order valence-electron chi connectivity index (χ0n) is 44.6. The molecule has 0 saturated heterocycles. The number of Topliss-reactive ketones (excluding diaryl/α,β-unsaturated/α-hetero) is 4. The molecular formula is C67H44N2O14S2. The van der Waals surface area contributed by atoms with E-state index in [-0.39, 0.29) is 114 Å². The van der Waals surface area contributed by atoms with Crippen LogP contribution in [0.15, 0.2) is 193 Å². The summed E-state index contributed by atoms with van der Waals surface area (Å²) in [5.74, 6) is -6.68. The van der Waals surface area contributed by atoms with Crippen LogP contribution < -0.4 is 9.47 Å². The van der Waals surface area contributed by atoms with Crippen molar-refractivity contribution in [3.05, 3.63) is 259 Å². The van der Waals surface area contributed by atoms with Gasteiger partial charge in [-0.15, -0.1) is 22.7 Å². The second kappa shape index (κ2) is 23.7. The number of ketones is 4. The maximum absolute atomic E-state index is 15.5. The summed E-state index contributed by atoms with van der Waals surface area (Å²) >= 11 is 1.87. The summed E-state index contributed by atoms with van der Waals surface area (Å²) in [6.45, 7) is -1.59. The van der Waals surface area contributed by atoms with Crippen LogP contribution in [0.5, 0.6) is 11.8 Å². The predicted molar refractivity (Wildman–Crippen MR) is 311 cm³/mol. The van der Waals surface area contributed by atoms with E-state index in [1.165, 1.54) is 18.2 Å². The second-order valence-electron chi connectivity index (χ2n) is 19.6. The highest BCUT2D eigenvalue weighted by molar-refractivity contribution is 7.17. The minimum atomic E-state index is -2.87. The molecule has 16 nitrogen and oxygen atoms in total. The van der Waals surface area contributed by atoms with E-state index in [2.05, 4.69) is 0 Å². The number of rotatable bonds is 18. The number of carbonyl (C=O) groups is 8. The lowest BCUT2D eigenvalue weighted by atomic mass is 9.83. The normalized spacial score (nSPS) is 13.4. The first kappa shape index (κ1) is 55.0. The number of hydrogen-bond acceptors (Lipinski definition) is 18. The van der Waals surface area contributed by atoms with Gasteiger partial charge in [0.25, 0.3) is 0 Å². The van der Waals surface area contributed by atoms with Crippen molar-refractivity contribution in [3.63, 3.8) is 0 Å². The Kier molecular flexibility index (Phi) is 15.4. The highest BCUT2D eigenvalue weighted by atomic mass is 32.1. The summed E-state index contributed by atoms with van der Waals surface area (Å²) in [6.07, 6.45) is 2.14. The van der Waals surface area contributed by atoms with Gasteiger partial charge >= 0.3 is 29.5 Å². The van der Waals surface area contributed by atoms with Gasteiger partial charge in [0, 0.05) is 38.9 Å². The first-order valence-corrected chi connectivity index (χ1v) is 28.2. The molecule has 2 aliphatic carbocycles. The minimum Gasteiger partial charge on any atom is -0.465 e. The Morgan fingerprint density at radius 1 is 0.447 bits per heavy atom. The number of benzene rings is 7. The standard InChI is InChI=1S/C67H44N2O14S2/c70-55(78-34-39-17-5-1-6-18-39)30-43-29-49-52(31-48(43)61-63(80-38-56(71)79-35-40-19-7-2-8-20-40)68-53(84-61)32-50-57(72)44-25-13-14-26-45(44)58(50)73)67(65(76)81-36-41-21-9-3-10-22-41,66(77)82-37-42-23-11-4-12-24-42)83-64-62(49)85-54(69-64)33-51-59(74)46-27-15-16-28-47(46)60(51)75/h1-29,31-33H,30,34-38H2. The molecule has 0 bridgehead atoms. The Bertz CT molecular complexity index is 4120. The summed E-state index contributed by atoms with van der Waals surface area (Å²) in [6, 6.07) is 51.1. The number of esters is 4. The lowest BCUT2D eigenvalue weighted by molar-refractivity contribution is -0.184. The van der Waals surface area contributed by atoms with Gasteiger partial charge in [0.2, 0.25) is 11.8 Å². The zero-order valence-corrected chi connectivity index (χ0v) is 46.3. The number of thiazole rings is 2. The third-order valence-electron chi connectivity index (χ3n) is 14.1. The van der Waals surface area contributed by atoms with Crippen molar-refractivity contribution in [2.45, 2.75) is 38.4 Å². The lowest BCUT2D eigenvalue weighted by Gasteiger charge is -2.35. The van der Waals surface area contributed by atoms with Crippen LogP contribution in [-0.4, -0.2) is 63.6 Å². The van der Waals surface area contributed by atoms with Crippen molar-refractivity contribution in [1.82, 2.24) is 9.97 Å². The fraction of sp³-hybridized carbons (Fsp3) is 0.104. The Morgan fingerprint density at radius 2 is 0.847 bits per heavy atom. The van der Waals surface area contributed by atoms with Gasteiger partial charge in [0.05, 0.1) is 27.3 Å². The van der Waals surface area contributed by atoms with Crippen LogP contribution in [-0.2, 0) is 76.6 Å². The van der Waals surface area contributed by atoms with Crippen LogP contribution in [0.3, 0.4) is 0 Å². The quantitative estimate of drug-likeness (QED) is 0.0256. The van der Waals surface area contributed by atoms with Crippen molar-refractivity contribution >= 4 is 81.8 Å². The number of ether oxygens (including phenoxy) is 6. The Hall–Kier alpha value is -10.6. The van der Waals surface area contributed by atoms with Gasteiger partial charge in [-0.05, 0) is 52.1 Å². The van der Waals surface area contributed by atoms with E-state index in [0.717, 1.165) is 22.7 Å². The SMILES string of the molecule is O=C(COc1nc(C=C2C(=O)c3ccccc3C2=O)sc1-c1cc2c(cc1CC(=O)OCc1ccccc1)-c1sc(C=C3C(=O)c4ccccc4C3=O)nc1OC2(C(=O)OCc1ccccc1)C(=O)OCc1ccccc1)OCc1ccccc1. The van der Waals surface area contributed by atoms with Gasteiger partial charge in [-0.1, -0.05) is 170 Å². The van der Waals surface area contributed by atoms with E-state index in [1.807, 2.05) is 12.1 Å².